The van der Waals surface area contributed by atoms with E-state index in [2.05, 4.69) is 16.0 Å². The third kappa shape index (κ3) is 4.14. The van der Waals surface area contributed by atoms with Gasteiger partial charge in [-0.1, -0.05) is 30.3 Å². The van der Waals surface area contributed by atoms with Gasteiger partial charge in [0.25, 0.3) is 0 Å². The standard InChI is InChI=1S/C23H15N3OS/c24-15-19(23-26-22(16-28-23)18-9-11-25-12-10-18)13-17-5-4-8-21(14-17)27-20-6-2-1-3-7-20/h1-14,16H. The van der Waals surface area contributed by atoms with Gasteiger partial charge in [-0.2, -0.15) is 5.26 Å². The minimum absolute atomic E-state index is 0.516. The van der Waals surface area contributed by atoms with Gasteiger partial charge >= 0.3 is 0 Å². The van der Waals surface area contributed by atoms with E-state index in [1.165, 1.54) is 11.3 Å². The second-order valence-electron chi connectivity index (χ2n) is 5.93. The Bertz CT molecular complexity index is 1150. The lowest BCUT2D eigenvalue weighted by atomic mass is 10.1. The van der Waals surface area contributed by atoms with E-state index in [9.17, 15) is 5.26 Å². The van der Waals surface area contributed by atoms with E-state index in [-0.39, 0.29) is 0 Å². The van der Waals surface area contributed by atoms with Crippen LogP contribution in [0.4, 0.5) is 0 Å². The van der Waals surface area contributed by atoms with Crippen LogP contribution in [0.5, 0.6) is 11.5 Å². The van der Waals surface area contributed by atoms with Gasteiger partial charge in [0.1, 0.15) is 22.6 Å². The molecular weight excluding hydrogens is 366 g/mol. The van der Waals surface area contributed by atoms with E-state index in [1.807, 2.05) is 78.2 Å². The molecule has 4 rings (SSSR count). The normalized spacial score (nSPS) is 11.0. The maximum absolute atomic E-state index is 9.63. The van der Waals surface area contributed by atoms with Crippen molar-refractivity contribution < 1.29 is 4.74 Å². The van der Waals surface area contributed by atoms with Crippen molar-refractivity contribution in [2.24, 2.45) is 0 Å². The van der Waals surface area contributed by atoms with Crippen molar-refractivity contribution in [3.05, 3.63) is 95.1 Å². The number of nitrogens with zero attached hydrogens (tertiary/aromatic N) is 3. The average molecular weight is 381 g/mol. The van der Waals surface area contributed by atoms with Gasteiger partial charge in [-0.15, -0.1) is 11.3 Å². The number of pyridine rings is 1. The van der Waals surface area contributed by atoms with Crippen LogP contribution in [0.25, 0.3) is 22.9 Å². The highest BCUT2D eigenvalue weighted by molar-refractivity contribution is 7.11. The number of aromatic nitrogens is 2. The number of hydrogen-bond acceptors (Lipinski definition) is 5. The quantitative estimate of drug-likeness (QED) is 0.394. The highest BCUT2D eigenvalue weighted by atomic mass is 32.1. The molecule has 0 aliphatic heterocycles. The van der Waals surface area contributed by atoms with Crippen LogP contribution < -0.4 is 4.74 Å². The summed E-state index contributed by atoms with van der Waals surface area (Å²) in [5, 5.41) is 12.3. The SMILES string of the molecule is N#CC(=Cc1cccc(Oc2ccccc2)c1)c1nc(-c2ccncc2)cs1. The first-order valence-electron chi connectivity index (χ1n) is 8.63. The van der Waals surface area contributed by atoms with Crippen molar-refractivity contribution in [2.45, 2.75) is 0 Å². The maximum Gasteiger partial charge on any atom is 0.134 e. The molecule has 0 aliphatic carbocycles. The van der Waals surface area contributed by atoms with Crippen LogP contribution in [0.1, 0.15) is 10.6 Å². The lowest BCUT2D eigenvalue weighted by molar-refractivity contribution is 0.482. The van der Waals surface area contributed by atoms with Gasteiger partial charge in [0, 0.05) is 23.3 Å². The number of hydrogen-bond donors (Lipinski definition) is 0. The number of thiazole rings is 1. The highest BCUT2D eigenvalue weighted by Crippen LogP contribution is 2.28. The zero-order valence-electron chi connectivity index (χ0n) is 14.8. The fraction of sp³-hybridized carbons (Fsp3) is 0. The van der Waals surface area contributed by atoms with E-state index in [0.29, 0.717) is 16.3 Å². The molecule has 0 saturated carbocycles. The second-order valence-corrected chi connectivity index (χ2v) is 6.79. The van der Waals surface area contributed by atoms with E-state index >= 15 is 0 Å². The van der Waals surface area contributed by atoms with Gasteiger partial charge in [0.15, 0.2) is 0 Å². The van der Waals surface area contributed by atoms with Crippen LogP contribution in [-0.2, 0) is 0 Å². The van der Waals surface area contributed by atoms with Crippen molar-refractivity contribution >= 4 is 23.0 Å². The van der Waals surface area contributed by atoms with Crippen molar-refractivity contribution in [1.29, 1.82) is 5.26 Å². The predicted octanol–water partition coefficient (Wildman–Crippen LogP) is 6.06. The minimum atomic E-state index is 0.516. The molecule has 0 atom stereocenters. The fourth-order valence-electron chi connectivity index (χ4n) is 2.65. The fourth-order valence-corrected chi connectivity index (χ4v) is 3.45. The van der Waals surface area contributed by atoms with E-state index in [1.54, 1.807) is 12.4 Å². The number of para-hydroxylation sites is 1. The molecule has 2 aromatic carbocycles. The number of allylic oxidation sites excluding steroid dienone is 1. The van der Waals surface area contributed by atoms with Crippen LogP contribution in [0.3, 0.4) is 0 Å². The molecule has 2 heterocycles. The summed E-state index contributed by atoms with van der Waals surface area (Å²) in [5.41, 5.74) is 3.21. The van der Waals surface area contributed by atoms with Crippen molar-refractivity contribution in [1.82, 2.24) is 9.97 Å². The lowest BCUT2D eigenvalue weighted by Gasteiger charge is -2.06. The smallest absolute Gasteiger partial charge is 0.134 e. The Labute approximate surface area is 167 Å². The Morgan fingerprint density at radius 1 is 0.964 bits per heavy atom. The summed E-state index contributed by atoms with van der Waals surface area (Å²) < 4.78 is 5.87. The molecule has 0 unspecified atom stereocenters. The van der Waals surface area contributed by atoms with Gasteiger partial charge < -0.3 is 4.74 Å². The van der Waals surface area contributed by atoms with Gasteiger partial charge in [-0.3, -0.25) is 4.98 Å². The molecule has 4 aromatic rings. The molecular formula is C23H15N3OS. The molecule has 5 heteroatoms. The molecule has 134 valence electrons. The molecule has 0 aliphatic rings. The molecule has 0 amide bonds. The summed E-state index contributed by atoms with van der Waals surface area (Å²) in [6.07, 6.45) is 5.29. The summed E-state index contributed by atoms with van der Waals surface area (Å²) in [6.45, 7) is 0. The second kappa shape index (κ2) is 8.30. The third-order valence-corrected chi connectivity index (χ3v) is 4.85. The average Bonchev–Trinajstić information content (AvgIpc) is 3.24. The van der Waals surface area contributed by atoms with Crippen LogP contribution >= 0.6 is 11.3 Å². The number of rotatable bonds is 5. The van der Waals surface area contributed by atoms with E-state index in [0.717, 1.165) is 22.6 Å². The monoisotopic (exact) mass is 381 g/mol. The first-order chi connectivity index (χ1) is 13.8. The topological polar surface area (TPSA) is 58.8 Å². The molecule has 0 saturated heterocycles. The third-order valence-electron chi connectivity index (χ3n) is 3.98. The van der Waals surface area contributed by atoms with Gasteiger partial charge in [-0.05, 0) is 48.0 Å². The van der Waals surface area contributed by atoms with Crippen LogP contribution in [0.2, 0.25) is 0 Å². The van der Waals surface area contributed by atoms with Crippen molar-refractivity contribution in [3.63, 3.8) is 0 Å². The molecule has 4 nitrogen and oxygen atoms in total. The summed E-state index contributed by atoms with van der Waals surface area (Å²) in [7, 11) is 0. The minimum Gasteiger partial charge on any atom is -0.457 e. The molecule has 2 aromatic heterocycles. The predicted molar refractivity (Wildman–Crippen MR) is 112 cm³/mol. The summed E-state index contributed by atoms with van der Waals surface area (Å²) in [5.74, 6) is 1.49. The Morgan fingerprint density at radius 2 is 1.75 bits per heavy atom. The molecule has 0 spiro atoms. The highest BCUT2D eigenvalue weighted by Gasteiger charge is 2.09. The largest absolute Gasteiger partial charge is 0.457 e. The Morgan fingerprint density at radius 3 is 2.54 bits per heavy atom. The molecule has 0 radical (unpaired) electrons. The molecule has 0 N–H and O–H groups in total. The molecule has 0 fully saturated rings. The van der Waals surface area contributed by atoms with E-state index in [4.69, 9.17) is 4.74 Å². The summed E-state index contributed by atoms with van der Waals surface area (Å²) in [6, 6.07) is 23.3. The first kappa shape index (κ1) is 17.7. The van der Waals surface area contributed by atoms with Crippen molar-refractivity contribution in [3.8, 4) is 28.8 Å². The van der Waals surface area contributed by atoms with Gasteiger partial charge in [0.05, 0.1) is 11.3 Å². The van der Waals surface area contributed by atoms with Gasteiger partial charge in [0.2, 0.25) is 0 Å². The van der Waals surface area contributed by atoms with Crippen LogP contribution in [-0.4, -0.2) is 9.97 Å². The first-order valence-corrected chi connectivity index (χ1v) is 9.51. The lowest BCUT2D eigenvalue weighted by Crippen LogP contribution is -1.86. The maximum atomic E-state index is 9.63. The number of nitriles is 1. The molecule has 28 heavy (non-hydrogen) atoms. The molecule has 0 bridgehead atoms. The van der Waals surface area contributed by atoms with Crippen LogP contribution in [0.15, 0.2) is 84.5 Å². The zero-order valence-corrected chi connectivity index (χ0v) is 15.6. The zero-order chi connectivity index (χ0) is 19.2. The number of benzene rings is 2. The Hall–Kier alpha value is -3.75. The van der Waals surface area contributed by atoms with Crippen molar-refractivity contribution in [2.75, 3.05) is 0 Å². The summed E-state index contributed by atoms with van der Waals surface area (Å²) in [4.78, 5) is 8.63. The Balaban J connectivity index is 1.60. The van der Waals surface area contributed by atoms with Crippen LogP contribution in [0, 0.1) is 11.3 Å². The van der Waals surface area contributed by atoms with Gasteiger partial charge in [-0.25, -0.2) is 4.98 Å². The number of ether oxygens (including phenoxy) is 1. The van der Waals surface area contributed by atoms with E-state index < -0.39 is 0 Å². The summed E-state index contributed by atoms with van der Waals surface area (Å²) >= 11 is 1.45. The Kier molecular flexibility index (Phi) is 5.23.